The van der Waals surface area contributed by atoms with Crippen molar-refractivity contribution in [3.63, 3.8) is 0 Å². The fourth-order valence-corrected chi connectivity index (χ4v) is 7.09. The van der Waals surface area contributed by atoms with Crippen molar-refractivity contribution in [1.29, 1.82) is 0 Å². The molecule has 1 aromatic rings. The van der Waals surface area contributed by atoms with Gasteiger partial charge in [-0.15, -0.1) is 0 Å². The monoisotopic (exact) mass is 499 g/mol. The molecular weight excluding hydrogens is 462 g/mol. The quantitative estimate of drug-likeness (QED) is 0.483. The van der Waals surface area contributed by atoms with Crippen molar-refractivity contribution in [1.82, 2.24) is 4.98 Å². The van der Waals surface area contributed by atoms with Crippen LogP contribution < -0.4 is 0 Å². The van der Waals surface area contributed by atoms with E-state index in [2.05, 4.69) is 30.1 Å². The molecule has 5 rings (SSSR count). The largest absolute Gasteiger partial charge is 0.460 e. The first-order valence-electron chi connectivity index (χ1n) is 13.0. The second kappa shape index (κ2) is 9.47. The molecule has 3 heterocycles. The topological polar surface area (TPSA) is 107 Å². The molecule has 8 nitrogen and oxygen atoms in total. The lowest BCUT2D eigenvalue weighted by Crippen LogP contribution is -2.57. The number of nitrogens with one attached hydrogen (secondary N) is 1. The third kappa shape index (κ3) is 3.76. The van der Waals surface area contributed by atoms with Gasteiger partial charge in [-0.05, 0) is 37.5 Å². The molecule has 2 N–H and O–H groups in total. The van der Waals surface area contributed by atoms with Crippen LogP contribution >= 0.6 is 0 Å². The summed E-state index contributed by atoms with van der Waals surface area (Å²) < 4.78 is 24.4. The lowest BCUT2D eigenvalue weighted by Gasteiger charge is -2.48. The van der Waals surface area contributed by atoms with Gasteiger partial charge in [-0.25, -0.2) is 9.59 Å². The number of aliphatic hydroxyl groups excluding tert-OH is 1. The van der Waals surface area contributed by atoms with E-state index < -0.39 is 36.0 Å². The Labute approximate surface area is 212 Å². The second-order valence-electron chi connectivity index (χ2n) is 10.8. The minimum atomic E-state index is -0.841. The van der Waals surface area contributed by atoms with Crippen LogP contribution in [0.15, 0.2) is 42.1 Å². The van der Waals surface area contributed by atoms with Crippen LogP contribution in [0.3, 0.4) is 0 Å². The van der Waals surface area contributed by atoms with E-state index >= 15 is 0 Å². The molecule has 11 atom stereocenters. The van der Waals surface area contributed by atoms with Crippen molar-refractivity contribution in [2.45, 2.75) is 76.7 Å². The molecule has 0 radical (unpaired) electrons. The third-order valence-electron chi connectivity index (χ3n) is 8.95. The number of H-pyrrole nitrogens is 1. The highest BCUT2D eigenvalue weighted by Gasteiger charge is 2.69. The Morgan fingerprint density at radius 2 is 2.08 bits per heavy atom. The van der Waals surface area contributed by atoms with Gasteiger partial charge in [0, 0.05) is 42.9 Å². The van der Waals surface area contributed by atoms with Crippen molar-refractivity contribution in [3.8, 4) is 0 Å². The van der Waals surface area contributed by atoms with Crippen LogP contribution in [0.5, 0.6) is 0 Å². The zero-order chi connectivity index (χ0) is 25.8. The number of carbonyl (C=O) groups excluding carboxylic acids is 2. The fourth-order valence-electron chi connectivity index (χ4n) is 7.09. The lowest BCUT2D eigenvalue weighted by atomic mass is 9.57. The first kappa shape index (κ1) is 25.2. The summed E-state index contributed by atoms with van der Waals surface area (Å²) in [6.07, 6.45) is 6.19. The number of methoxy groups -OCH3 is 1. The van der Waals surface area contributed by atoms with E-state index in [1.54, 1.807) is 18.3 Å². The summed E-state index contributed by atoms with van der Waals surface area (Å²) in [5, 5.41) is 11.7. The van der Waals surface area contributed by atoms with Crippen LogP contribution in [0.4, 0.5) is 0 Å². The van der Waals surface area contributed by atoms with Gasteiger partial charge in [-0.3, -0.25) is 0 Å². The maximum Gasteiger partial charge on any atom is 0.355 e. The van der Waals surface area contributed by atoms with E-state index in [1.165, 1.54) is 7.11 Å². The summed E-state index contributed by atoms with van der Waals surface area (Å²) in [6.45, 7) is 8.01. The van der Waals surface area contributed by atoms with Crippen molar-refractivity contribution in [2.24, 2.45) is 29.6 Å². The number of hydrogen-bond acceptors (Lipinski definition) is 7. The standard InChI is InChI=1S/C28H37NO7/c1-6-20-14(2)12-15(3)28-17(13-21(33-5)27(32)34-20)9-10-18-22(28)23(30)16(4)24(25(18)36-28)35-26(31)19-8-7-11-29-19/h7-12,14,16-18,20-25,29-30H,6,13H2,1-5H3. The predicted molar refractivity (Wildman–Crippen MR) is 131 cm³/mol. The Bertz CT molecular complexity index is 1050. The molecule has 196 valence electrons. The van der Waals surface area contributed by atoms with Gasteiger partial charge in [-0.2, -0.15) is 0 Å². The van der Waals surface area contributed by atoms with Crippen molar-refractivity contribution in [2.75, 3.05) is 7.11 Å². The molecule has 36 heavy (non-hydrogen) atoms. The molecule has 1 saturated heterocycles. The number of esters is 2. The summed E-state index contributed by atoms with van der Waals surface area (Å²) in [5.74, 6) is -1.78. The van der Waals surface area contributed by atoms with Gasteiger partial charge in [0.15, 0.2) is 6.10 Å². The Morgan fingerprint density at radius 3 is 2.75 bits per heavy atom. The highest BCUT2D eigenvalue weighted by molar-refractivity contribution is 5.87. The maximum atomic E-state index is 13.0. The minimum absolute atomic E-state index is 0.0472. The van der Waals surface area contributed by atoms with Gasteiger partial charge >= 0.3 is 11.9 Å². The number of ether oxygens (including phenoxy) is 4. The highest BCUT2D eigenvalue weighted by Crippen LogP contribution is 2.61. The zero-order valence-corrected chi connectivity index (χ0v) is 21.5. The SMILES string of the molecule is CCC1OC(=O)C(OC)CC2C=CC3C4OC2(C(C)=CC1C)C3C(O)C(C)C4OC(=O)c1ccc[nH]1. The maximum absolute atomic E-state index is 13.0. The molecule has 8 heteroatoms. The molecule has 2 aliphatic carbocycles. The van der Waals surface area contributed by atoms with Gasteiger partial charge in [-0.1, -0.05) is 39.0 Å². The molecule has 1 spiro atoms. The number of aromatic nitrogens is 1. The molecule has 0 aromatic carbocycles. The van der Waals surface area contributed by atoms with E-state index in [4.69, 9.17) is 18.9 Å². The number of rotatable bonds is 4. The molecule has 4 bridgehead atoms. The number of carbonyl (C=O) groups is 2. The van der Waals surface area contributed by atoms with Crippen LogP contribution in [-0.4, -0.2) is 65.3 Å². The number of aliphatic hydroxyl groups is 1. The summed E-state index contributed by atoms with van der Waals surface area (Å²) in [4.78, 5) is 28.8. The van der Waals surface area contributed by atoms with Gasteiger partial charge in [0.1, 0.15) is 29.6 Å². The van der Waals surface area contributed by atoms with Crippen molar-refractivity contribution < 1.29 is 33.6 Å². The van der Waals surface area contributed by atoms with E-state index in [0.717, 1.165) is 5.57 Å². The first-order chi connectivity index (χ1) is 17.2. The van der Waals surface area contributed by atoms with Gasteiger partial charge < -0.3 is 29.0 Å². The molecule has 11 unspecified atom stereocenters. The van der Waals surface area contributed by atoms with Crippen LogP contribution in [0, 0.1) is 29.6 Å². The number of cyclic esters (lactones) is 1. The molecular formula is C28H37NO7. The summed E-state index contributed by atoms with van der Waals surface area (Å²) in [7, 11) is 1.52. The molecule has 2 fully saturated rings. The van der Waals surface area contributed by atoms with E-state index in [9.17, 15) is 14.7 Å². The van der Waals surface area contributed by atoms with Crippen molar-refractivity contribution in [3.05, 3.63) is 47.8 Å². The van der Waals surface area contributed by atoms with Crippen LogP contribution in [0.2, 0.25) is 0 Å². The summed E-state index contributed by atoms with van der Waals surface area (Å²) >= 11 is 0. The van der Waals surface area contributed by atoms with Crippen LogP contribution in [0.1, 0.15) is 51.0 Å². The molecule has 1 saturated carbocycles. The van der Waals surface area contributed by atoms with Gasteiger partial charge in [0.05, 0.1) is 6.10 Å². The molecule has 0 amide bonds. The summed E-state index contributed by atoms with van der Waals surface area (Å²) in [6, 6.07) is 3.41. The smallest absolute Gasteiger partial charge is 0.355 e. The Balaban J connectivity index is 1.57. The Kier molecular flexibility index (Phi) is 6.64. The average Bonchev–Trinajstić information content (AvgIpc) is 3.46. The third-order valence-corrected chi connectivity index (χ3v) is 8.95. The van der Waals surface area contributed by atoms with Gasteiger partial charge in [0.2, 0.25) is 0 Å². The van der Waals surface area contributed by atoms with Gasteiger partial charge in [0.25, 0.3) is 0 Å². The highest BCUT2D eigenvalue weighted by atomic mass is 16.6. The average molecular weight is 500 g/mol. The van der Waals surface area contributed by atoms with E-state index in [0.29, 0.717) is 18.5 Å². The normalized spacial score (nSPS) is 43.8. The lowest BCUT2D eigenvalue weighted by molar-refractivity contribution is -0.166. The van der Waals surface area contributed by atoms with Crippen LogP contribution in [-0.2, 0) is 23.7 Å². The fraction of sp³-hybridized carbons (Fsp3) is 0.643. The molecule has 4 aliphatic rings. The molecule has 2 aliphatic heterocycles. The first-order valence-corrected chi connectivity index (χ1v) is 13.0. The van der Waals surface area contributed by atoms with E-state index in [-0.39, 0.29) is 41.7 Å². The summed E-state index contributed by atoms with van der Waals surface area (Å²) in [5.41, 5.74) is 0.532. The minimum Gasteiger partial charge on any atom is -0.460 e. The van der Waals surface area contributed by atoms with Crippen molar-refractivity contribution >= 4 is 11.9 Å². The molecule has 1 aromatic heterocycles. The Morgan fingerprint density at radius 1 is 1.31 bits per heavy atom. The number of hydrogen-bond donors (Lipinski definition) is 2. The van der Waals surface area contributed by atoms with Crippen LogP contribution in [0.25, 0.3) is 0 Å². The van der Waals surface area contributed by atoms with E-state index in [1.807, 2.05) is 20.8 Å². The Hall–Kier alpha value is -2.42. The predicted octanol–water partition coefficient (Wildman–Crippen LogP) is 3.43. The zero-order valence-electron chi connectivity index (χ0n) is 21.5. The number of aromatic amines is 1. The second-order valence-corrected chi connectivity index (χ2v) is 10.8.